The quantitative estimate of drug-likeness (QED) is 0.250. The summed E-state index contributed by atoms with van der Waals surface area (Å²) in [6.07, 6.45) is 1.21. The van der Waals surface area contributed by atoms with Crippen molar-refractivity contribution >= 4 is 78.9 Å². The summed E-state index contributed by atoms with van der Waals surface area (Å²) in [6, 6.07) is 15.6. The molecule has 0 spiro atoms. The minimum Gasteiger partial charge on any atom is -0.493 e. The predicted molar refractivity (Wildman–Crippen MR) is 209 cm³/mol. The lowest BCUT2D eigenvalue weighted by molar-refractivity contribution is 0.0730. The van der Waals surface area contributed by atoms with Crippen molar-refractivity contribution in [1.82, 2.24) is 19.0 Å². The molecule has 2 fully saturated rings. The molecule has 0 bridgehead atoms. The van der Waals surface area contributed by atoms with Gasteiger partial charge >= 0.3 is 6.03 Å². The first-order valence-corrected chi connectivity index (χ1v) is 21.5. The molecule has 0 N–H and O–H groups in total. The van der Waals surface area contributed by atoms with Crippen LogP contribution in [0, 0.1) is 0 Å². The number of carbonyl (C=O) groups is 1. The molecule has 3 aliphatic heterocycles. The Balaban J connectivity index is 0.00000541. The first-order valence-electron chi connectivity index (χ1n) is 16.9. The van der Waals surface area contributed by atoms with E-state index in [1.165, 1.54) is 22.7 Å². The summed E-state index contributed by atoms with van der Waals surface area (Å²) < 4.78 is 64.5. The highest BCUT2D eigenvalue weighted by molar-refractivity contribution is 7.90. The number of amides is 2. The molecular formula is C35H41Cl4N5O7S2. The summed E-state index contributed by atoms with van der Waals surface area (Å²) in [5.74, 6) is 0.503. The van der Waals surface area contributed by atoms with Crippen LogP contribution in [0.3, 0.4) is 0 Å². The van der Waals surface area contributed by atoms with E-state index in [0.29, 0.717) is 42.8 Å². The van der Waals surface area contributed by atoms with Gasteiger partial charge in [-0.15, -0.1) is 12.4 Å². The molecule has 288 valence electrons. The Bertz CT molecular complexity index is 2020. The zero-order valence-electron chi connectivity index (χ0n) is 29.2. The fourth-order valence-electron chi connectivity index (χ4n) is 6.57. The molecule has 53 heavy (non-hydrogen) atoms. The lowest BCUT2D eigenvalue weighted by Gasteiger charge is -2.39. The Labute approximate surface area is 332 Å². The SMILES string of the molecule is CCOc1cc(Cl)c(S(=O)(=O)N2CCOCC2)cc1C1=N[C@@H](c2ccc(Cl)cc2)[C@@H](c2ccc(Cl)cc2)N1C(=O)N1CCN(CCS(C)(=O)=O)CC1.Cl. The maximum atomic E-state index is 15.0. The number of sulfone groups is 1. The number of amidine groups is 1. The summed E-state index contributed by atoms with van der Waals surface area (Å²) in [5.41, 5.74) is 1.81. The van der Waals surface area contributed by atoms with Gasteiger partial charge in [-0.2, -0.15) is 4.31 Å². The second-order valence-electron chi connectivity index (χ2n) is 12.8. The van der Waals surface area contributed by atoms with Crippen molar-refractivity contribution in [2.24, 2.45) is 4.99 Å². The van der Waals surface area contributed by atoms with Crippen molar-refractivity contribution in [3.8, 4) is 5.75 Å². The third-order valence-electron chi connectivity index (χ3n) is 9.28. The number of hydrogen-bond acceptors (Lipinski definition) is 9. The lowest BCUT2D eigenvalue weighted by atomic mass is 9.93. The first kappa shape index (κ1) is 41.5. The second-order valence-corrected chi connectivity index (χ2v) is 18.2. The maximum Gasteiger partial charge on any atom is 0.326 e. The van der Waals surface area contributed by atoms with E-state index in [1.54, 1.807) is 41.0 Å². The Hall–Kier alpha value is -2.66. The molecule has 3 heterocycles. The zero-order valence-corrected chi connectivity index (χ0v) is 33.9. The topological polar surface area (TPSA) is 129 Å². The average Bonchev–Trinajstić information content (AvgIpc) is 3.52. The normalized spacial score (nSPS) is 20.2. The van der Waals surface area contributed by atoms with Gasteiger partial charge in [0, 0.05) is 68.2 Å². The number of sulfonamides is 1. The highest BCUT2D eigenvalue weighted by Gasteiger charge is 2.45. The third-order valence-corrected chi connectivity index (χ3v) is 13.1. The molecule has 0 saturated carbocycles. The molecule has 0 aliphatic carbocycles. The van der Waals surface area contributed by atoms with Crippen LogP contribution in [0.5, 0.6) is 5.75 Å². The summed E-state index contributed by atoms with van der Waals surface area (Å²) >= 11 is 19.3. The zero-order chi connectivity index (χ0) is 37.2. The molecule has 3 aromatic rings. The number of rotatable bonds is 10. The van der Waals surface area contributed by atoms with Crippen LogP contribution in [0.25, 0.3) is 0 Å². The smallest absolute Gasteiger partial charge is 0.326 e. The molecule has 0 radical (unpaired) electrons. The molecule has 3 aliphatic rings. The number of nitrogens with zero attached hydrogens (tertiary/aromatic N) is 5. The fraction of sp³-hybridized carbons (Fsp3) is 0.429. The summed E-state index contributed by atoms with van der Waals surface area (Å²) in [4.78, 5) is 25.4. The number of carbonyl (C=O) groups excluding carboxylic acids is 1. The van der Waals surface area contributed by atoms with Crippen molar-refractivity contribution < 1.29 is 31.1 Å². The number of benzene rings is 3. The van der Waals surface area contributed by atoms with Crippen LogP contribution in [-0.2, 0) is 24.6 Å². The number of ether oxygens (including phenoxy) is 2. The van der Waals surface area contributed by atoms with Crippen molar-refractivity contribution in [2.75, 3.05) is 77.6 Å². The maximum absolute atomic E-state index is 15.0. The molecule has 2 saturated heterocycles. The van der Waals surface area contributed by atoms with Gasteiger partial charge in [-0.05, 0) is 48.4 Å². The Morgan fingerprint density at radius 2 is 1.45 bits per heavy atom. The van der Waals surface area contributed by atoms with Gasteiger partial charge < -0.3 is 14.4 Å². The largest absolute Gasteiger partial charge is 0.493 e. The lowest BCUT2D eigenvalue weighted by Crippen LogP contribution is -2.54. The summed E-state index contributed by atoms with van der Waals surface area (Å²) in [6.45, 7) is 4.85. The minimum absolute atomic E-state index is 0. The monoisotopic (exact) mass is 847 g/mol. The van der Waals surface area contributed by atoms with E-state index in [9.17, 15) is 21.6 Å². The van der Waals surface area contributed by atoms with Gasteiger partial charge in [0.15, 0.2) is 0 Å². The highest BCUT2D eigenvalue weighted by Crippen LogP contribution is 2.46. The van der Waals surface area contributed by atoms with Crippen LogP contribution in [0.1, 0.15) is 35.7 Å². The van der Waals surface area contributed by atoms with Gasteiger partial charge in [0.25, 0.3) is 0 Å². The van der Waals surface area contributed by atoms with E-state index in [0.717, 1.165) is 11.1 Å². The molecule has 6 rings (SSSR count). The van der Waals surface area contributed by atoms with Crippen molar-refractivity contribution in [2.45, 2.75) is 23.9 Å². The van der Waals surface area contributed by atoms with E-state index in [1.807, 2.05) is 29.2 Å². The van der Waals surface area contributed by atoms with Gasteiger partial charge in [-0.3, -0.25) is 14.8 Å². The van der Waals surface area contributed by atoms with Gasteiger partial charge in [-0.1, -0.05) is 59.1 Å². The molecule has 2 amide bonds. The molecule has 0 aromatic heterocycles. The van der Waals surface area contributed by atoms with Gasteiger partial charge in [-0.25, -0.2) is 21.6 Å². The number of piperazine rings is 1. The first-order chi connectivity index (χ1) is 24.8. The number of hydrogen-bond donors (Lipinski definition) is 0. The summed E-state index contributed by atoms with van der Waals surface area (Å²) in [5, 5.41) is 1.03. The van der Waals surface area contributed by atoms with E-state index in [4.69, 9.17) is 49.3 Å². The van der Waals surface area contributed by atoms with Crippen LogP contribution in [0.2, 0.25) is 15.1 Å². The van der Waals surface area contributed by atoms with E-state index in [2.05, 4.69) is 0 Å². The molecule has 12 nitrogen and oxygen atoms in total. The van der Waals surface area contributed by atoms with Crippen LogP contribution in [-0.4, -0.2) is 125 Å². The van der Waals surface area contributed by atoms with Crippen molar-refractivity contribution in [1.29, 1.82) is 0 Å². The van der Waals surface area contributed by atoms with Crippen LogP contribution in [0.15, 0.2) is 70.6 Å². The number of morpholine rings is 1. The summed E-state index contributed by atoms with van der Waals surface area (Å²) in [7, 11) is -7.23. The molecular weight excluding hydrogens is 808 g/mol. The van der Waals surface area contributed by atoms with Crippen LogP contribution < -0.4 is 4.74 Å². The number of urea groups is 1. The van der Waals surface area contributed by atoms with Crippen LogP contribution in [0.4, 0.5) is 4.79 Å². The predicted octanol–water partition coefficient (Wildman–Crippen LogP) is 5.82. The van der Waals surface area contributed by atoms with Gasteiger partial charge in [0.2, 0.25) is 10.0 Å². The van der Waals surface area contributed by atoms with Gasteiger partial charge in [0.1, 0.15) is 32.4 Å². The number of aliphatic imine (C=N–C) groups is 1. The van der Waals surface area contributed by atoms with Crippen molar-refractivity contribution in [3.63, 3.8) is 0 Å². The molecule has 18 heteroatoms. The Morgan fingerprint density at radius 3 is 2.02 bits per heavy atom. The van der Waals surface area contributed by atoms with E-state index >= 15 is 0 Å². The standard InChI is InChI=1S/C35H40Cl3N5O7S2.ClH/c1-3-50-30-23-29(38)31(52(47,48)42-16-19-49-20-17-42)22-28(30)34-39-32(24-4-8-26(36)9-5-24)33(25-6-10-27(37)11-7-25)43(34)35(44)41-14-12-40(13-15-41)18-21-51(2,45)46;/h4-11,22-23,32-33H,3,12-21H2,1-2H3;1H/t32-,33+;/m0./s1. The minimum atomic E-state index is -4.08. The molecule has 0 unspecified atom stereocenters. The van der Waals surface area contributed by atoms with Crippen LogP contribution >= 0.6 is 47.2 Å². The number of halogens is 4. The molecule has 2 atom stereocenters. The van der Waals surface area contributed by atoms with E-state index in [-0.39, 0.29) is 84.2 Å². The third kappa shape index (κ3) is 9.42. The average molecular weight is 850 g/mol. The highest BCUT2D eigenvalue weighted by atomic mass is 35.5. The molecule has 3 aromatic carbocycles. The van der Waals surface area contributed by atoms with Gasteiger partial charge in [0.05, 0.1) is 42.2 Å². The Morgan fingerprint density at radius 1 is 0.868 bits per heavy atom. The fourth-order valence-corrected chi connectivity index (χ4v) is 9.34. The Kier molecular flexibility index (Phi) is 13.6. The van der Waals surface area contributed by atoms with E-state index < -0.39 is 31.9 Å². The van der Waals surface area contributed by atoms with Crippen molar-refractivity contribution in [3.05, 3.63) is 92.4 Å². The second kappa shape index (κ2) is 17.4.